The Morgan fingerprint density at radius 1 is 1.19 bits per heavy atom. The van der Waals surface area contributed by atoms with Crippen LogP contribution in [0.25, 0.3) is 0 Å². The van der Waals surface area contributed by atoms with Crippen molar-refractivity contribution in [1.82, 2.24) is 0 Å². The molecular weight excluding hydrogens is 200 g/mol. The van der Waals surface area contributed by atoms with Gasteiger partial charge in [-0.2, -0.15) is 0 Å². The molecule has 92 valence electrons. The summed E-state index contributed by atoms with van der Waals surface area (Å²) < 4.78 is 0. The van der Waals surface area contributed by atoms with Gasteiger partial charge < -0.3 is 9.59 Å². The van der Waals surface area contributed by atoms with E-state index in [1.54, 1.807) is 0 Å². The molecule has 1 fully saturated rings. The van der Waals surface area contributed by atoms with Gasteiger partial charge >= 0.3 is 0 Å². The van der Waals surface area contributed by atoms with Gasteiger partial charge in [-0.25, -0.2) is 0 Å². The first-order chi connectivity index (χ1) is 7.55. The topological polar surface area (TPSA) is 34.1 Å². The summed E-state index contributed by atoms with van der Waals surface area (Å²) in [5.41, 5.74) is -0.0463. The van der Waals surface area contributed by atoms with E-state index in [0.717, 1.165) is 19.0 Å². The Kier molecular flexibility index (Phi) is 4.69. The van der Waals surface area contributed by atoms with Crippen molar-refractivity contribution in [1.29, 1.82) is 0 Å². The highest BCUT2D eigenvalue weighted by Gasteiger charge is 2.43. The van der Waals surface area contributed by atoms with Crippen LogP contribution in [-0.2, 0) is 9.59 Å². The minimum absolute atomic E-state index is 0.0463. The minimum Gasteiger partial charge on any atom is -0.303 e. The average molecular weight is 224 g/mol. The van der Waals surface area contributed by atoms with Crippen LogP contribution in [0.5, 0.6) is 0 Å². The molecule has 0 unspecified atom stereocenters. The fourth-order valence-electron chi connectivity index (χ4n) is 3.64. The maximum absolute atomic E-state index is 10.9. The van der Waals surface area contributed by atoms with Gasteiger partial charge in [-0.05, 0) is 36.0 Å². The van der Waals surface area contributed by atoms with Crippen molar-refractivity contribution in [2.24, 2.45) is 23.2 Å². The van der Waals surface area contributed by atoms with Gasteiger partial charge in [0.25, 0.3) is 0 Å². The second-order valence-electron chi connectivity index (χ2n) is 5.84. The summed E-state index contributed by atoms with van der Waals surface area (Å²) in [6.45, 7) is 6.66. The molecule has 1 aliphatic rings. The molecule has 0 aromatic heterocycles. The van der Waals surface area contributed by atoms with E-state index in [2.05, 4.69) is 20.8 Å². The zero-order valence-electron chi connectivity index (χ0n) is 10.7. The maximum Gasteiger partial charge on any atom is 0.120 e. The molecule has 0 spiro atoms. The molecule has 1 rings (SSSR count). The monoisotopic (exact) mass is 224 g/mol. The standard InChI is InChI=1S/C14H24O2/c1-11(2)13-5-4-12(3)10-14(13,6-8-15)7-9-16/h8-9,11-13H,4-7,10H2,1-3H3/t12-,13+/m1/s1. The van der Waals surface area contributed by atoms with Crippen molar-refractivity contribution in [2.75, 3.05) is 0 Å². The summed E-state index contributed by atoms with van der Waals surface area (Å²) in [4.78, 5) is 21.8. The molecule has 0 aromatic rings. The Labute approximate surface area is 98.8 Å². The normalized spacial score (nSPS) is 29.0. The molecule has 2 nitrogen and oxygen atoms in total. The molecule has 16 heavy (non-hydrogen) atoms. The Morgan fingerprint density at radius 2 is 1.75 bits per heavy atom. The SMILES string of the molecule is CC(C)[C@@H]1CC[C@@H](C)CC1(CC=O)CC=O. The highest BCUT2D eigenvalue weighted by molar-refractivity contribution is 5.56. The quantitative estimate of drug-likeness (QED) is 0.672. The molecule has 0 saturated heterocycles. The van der Waals surface area contributed by atoms with Crippen molar-refractivity contribution in [3.05, 3.63) is 0 Å². The largest absolute Gasteiger partial charge is 0.303 e. The minimum atomic E-state index is -0.0463. The van der Waals surface area contributed by atoms with Crippen LogP contribution in [0.15, 0.2) is 0 Å². The van der Waals surface area contributed by atoms with Crippen molar-refractivity contribution in [2.45, 2.75) is 52.9 Å². The number of hydrogen-bond acceptors (Lipinski definition) is 2. The molecule has 0 amide bonds. The van der Waals surface area contributed by atoms with Crippen LogP contribution in [0.4, 0.5) is 0 Å². The lowest BCUT2D eigenvalue weighted by Gasteiger charge is -2.47. The zero-order chi connectivity index (χ0) is 12.2. The Balaban J connectivity index is 2.94. The van der Waals surface area contributed by atoms with E-state index in [9.17, 15) is 9.59 Å². The van der Waals surface area contributed by atoms with Gasteiger partial charge in [-0.3, -0.25) is 0 Å². The summed E-state index contributed by atoms with van der Waals surface area (Å²) in [7, 11) is 0. The van der Waals surface area contributed by atoms with E-state index < -0.39 is 0 Å². The van der Waals surface area contributed by atoms with Crippen molar-refractivity contribution < 1.29 is 9.59 Å². The van der Waals surface area contributed by atoms with Gasteiger partial charge in [0.1, 0.15) is 12.6 Å². The molecule has 1 saturated carbocycles. The van der Waals surface area contributed by atoms with E-state index in [1.165, 1.54) is 12.8 Å². The van der Waals surface area contributed by atoms with Gasteiger partial charge in [-0.1, -0.05) is 27.2 Å². The molecule has 2 atom stereocenters. The van der Waals surface area contributed by atoms with Gasteiger partial charge in [0.15, 0.2) is 0 Å². The Bertz CT molecular complexity index is 235. The molecule has 0 N–H and O–H groups in total. The number of carbonyl (C=O) groups is 2. The van der Waals surface area contributed by atoms with Crippen LogP contribution in [0, 0.1) is 23.2 Å². The molecular formula is C14H24O2. The van der Waals surface area contributed by atoms with E-state index in [1.807, 2.05) is 0 Å². The molecule has 1 aliphatic carbocycles. The Morgan fingerprint density at radius 3 is 2.19 bits per heavy atom. The zero-order valence-corrected chi connectivity index (χ0v) is 10.7. The number of rotatable bonds is 5. The van der Waals surface area contributed by atoms with Crippen LogP contribution in [0.2, 0.25) is 0 Å². The smallest absolute Gasteiger partial charge is 0.120 e. The summed E-state index contributed by atoms with van der Waals surface area (Å²) in [6.07, 6.45) is 6.57. The average Bonchev–Trinajstić information content (AvgIpc) is 2.17. The molecule has 0 heterocycles. The molecule has 0 aromatic carbocycles. The van der Waals surface area contributed by atoms with E-state index in [4.69, 9.17) is 0 Å². The first kappa shape index (κ1) is 13.4. The van der Waals surface area contributed by atoms with Crippen LogP contribution in [0.3, 0.4) is 0 Å². The van der Waals surface area contributed by atoms with Crippen LogP contribution >= 0.6 is 0 Å². The lowest BCUT2D eigenvalue weighted by atomic mass is 9.57. The van der Waals surface area contributed by atoms with Crippen molar-refractivity contribution >= 4 is 12.6 Å². The number of hydrogen-bond donors (Lipinski definition) is 0. The number of carbonyl (C=O) groups excluding carboxylic acids is 2. The molecule has 0 aliphatic heterocycles. The molecule has 2 heteroatoms. The Hall–Kier alpha value is -0.660. The van der Waals surface area contributed by atoms with Crippen LogP contribution in [0.1, 0.15) is 52.9 Å². The van der Waals surface area contributed by atoms with Crippen molar-refractivity contribution in [3.8, 4) is 0 Å². The van der Waals surface area contributed by atoms with E-state index in [0.29, 0.717) is 30.6 Å². The van der Waals surface area contributed by atoms with Gasteiger partial charge in [0, 0.05) is 12.8 Å². The van der Waals surface area contributed by atoms with Gasteiger partial charge in [-0.15, -0.1) is 0 Å². The first-order valence-corrected chi connectivity index (χ1v) is 6.43. The maximum atomic E-state index is 10.9. The van der Waals surface area contributed by atoms with Crippen LogP contribution in [-0.4, -0.2) is 12.6 Å². The summed E-state index contributed by atoms with van der Waals surface area (Å²) >= 11 is 0. The predicted octanol–water partition coefficient (Wildman–Crippen LogP) is 3.24. The highest BCUT2D eigenvalue weighted by atomic mass is 16.1. The summed E-state index contributed by atoms with van der Waals surface area (Å²) in [5, 5.41) is 0. The second-order valence-corrected chi connectivity index (χ2v) is 5.84. The van der Waals surface area contributed by atoms with E-state index in [-0.39, 0.29) is 5.41 Å². The third-order valence-corrected chi connectivity index (χ3v) is 4.30. The lowest BCUT2D eigenvalue weighted by molar-refractivity contribution is -0.117. The molecule has 0 radical (unpaired) electrons. The number of aldehydes is 2. The van der Waals surface area contributed by atoms with Gasteiger partial charge in [0.05, 0.1) is 0 Å². The van der Waals surface area contributed by atoms with Gasteiger partial charge in [0.2, 0.25) is 0 Å². The fraction of sp³-hybridized carbons (Fsp3) is 0.857. The van der Waals surface area contributed by atoms with Crippen LogP contribution < -0.4 is 0 Å². The third-order valence-electron chi connectivity index (χ3n) is 4.30. The lowest BCUT2D eigenvalue weighted by Crippen LogP contribution is -2.40. The fourth-order valence-corrected chi connectivity index (χ4v) is 3.64. The second kappa shape index (κ2) is 5.60. The summed E-state index contributed by atoms with van der Waals surface area (Å²) in [5.74, 6) is 1.74. The third kappa shape index (κ3) is 2.72. The highest BCUT2D eigenvalue weighted by Crippen LogP contribution is 2.50. The molecule has 0 bridgehead atoms. The van der Waals surface area contributed by atoms with E-state index >= 15 is 0 Å². The van der Waals surface area contributed by atoms with Crippen molar-refractivity contribution in [3.63, 3.8) is 0 Å². The summed E-state index contributed by atoms with van der Waals surface area (Å²) in [6, 6.07) is 0. The first-order valence-electron chi connectivity index (χ1n) is 6.43. The predicted molar refractivity (Wildman–Crippen MR) is 65.1 cm³/mol.